The number of halogens is 1. The molecule has 0 saturated heterocycles. The Bertz CT molecular complexity index is 478. The van der Waals surface area contributed by atoms with E-state index in [-0.39, 0.29) is 17.6 Å². The standard InChI is InChI=1S/C15H20ClNO3S/c1-4-10(2)14(15(19)20-3)17-13(18)9-21-12-7-5-11(16)6-8-12/h5-8,10,14H,4,9H2,1-3H3,(H,17,18)/t10-,14-/m1/s1. The van der Waals surface area contributed by atoms with Crippen LogP contribution in [0.15, 0.2) is 29.2 Å². The molecule has 6 heteroatoms. The van der Waals surface area contributed by atoms with E-state index in [2.05, 4.69) is 5.32 Å². The van der Waals surface area contributed by atoms with Crippen LogP contribution in [0.4, 0.5) is 0 Å². The topological polar surface area (TPSA) is 55.4 Å². The first-order valence-corrected chi connectivity index (χ1v) is 8.09. The van der Waals surface area contributed by atoms with Gasteiger partial charge in [-0.2, -0.15) is 0 Å². The average molecular weight is 330 g/mol. The fourth-order valence-corrected chi connectivity index (χ4v) is 2.53. The highest BCUT2D eigenvalue weighted by atomic mass is 35.5. The van der Waals surface area contributed by atoms with Gasteiger partial charge in [0.25, 0.3) is 0 Å². The molecule has 1 N–H and O–H groups in total. The molecule has 0 fully saturated rings. The minimum atomic E-state index is -0.599. The van der Waals surface area contributed by atoms with Crippen molar-refractivity contribution in [3.63, 3.8) is 0 Å². The van der Waals surface area contributed by atoms with E-state index in [1.165, 1.54) is 18.9 Å². The van der Waals surface area contributed by atoms with Crippen molar-refractivity contribution in [2.24, 2.45) is 5.92 Å². The molecule has 0 spiro atoms. The predicted molar refractivity (Wildman–Crippen MR) is 85.6 cm³/mol. The number of esters is 1. The number of nitrogens with one attached hydrogen (secondary N) is 1. The van der Waals surface area contributed by atoms with Gasteiger partial charge in [0, 0.05) is 9.92 Å². The van der Waals surface area contributed by atoms with E-state index in [0.29, 0.717) is 5.02 Å². The summed E-state index contributed by atoms with van der Waals surface area (Å²) in [5.41, 5.74) is 0. The van der Waals surface area contributed by atoms with Crippen LogP contribution in [0.3, 0.4) is 0 Å². The Kier molecular flexibility index (Phi) is 7.61. The van der Waals surface area contributed by atoms with Gasteiger partial charge < -0.3 is 10.1 Å². The molecule has 0 aliphatic carbocycles. The van der Waals surface area contributed by atoms with Crippen molar-refractivity contribution in [1.29, 1.82) is 0 Å². The molecule has 1 aromatic rings. The number of hydrogen-bond acceptors (Lipinski definition) is 4. The van der Waals surface area contributed by atoms with Crippen LogP contribution in [0.5, 0.6) is 0 Å². The third-order valence-corrected chi connectivity index (χ3v) is 4.43. The normalized spacial score (nSPS) is 13.3. The quantitative estimate of drug-likeness (QED) is 0.617. The Balaban J connectivity index is 2.53. The molecular weight excluding hydrogens is 310 g/mol. The van der Waals surface area contributed by atoms with E-state index in [1.807, 2.05) is 26.0 Å². The number of methoxy groups -OCH3 is 1. The minimum Gasteiger partial charge on any atom is -0.467 e. The molecule has 0 saturated carbocycles. The van der Waals surface area contributed by atoms with Crippen LogP contribution in [-0.4, -0.2) is 30.8 Å². The number of rotatable bonds is 7. The molecule has 21 heavy (non-hydrogen) atoms. The maximum Gasteiger partial charge on any atom is 0.328 e. The number of ether oxygens (including phenoxy) is 1. The molecule has 4 nitrogen and oxygen atoms in total. The lowest BCUT2D eigenvalue weighted by molar-refractivity contribution is -0.146. The lowest BCUT2D eigenvalue weighted by Crippen LogP contribution is -2.46. The number of thioether (sulfide) groups is 1. The van der Waals surface area contributed by atoms with Crippen LogP contribution in [0.2, 0.25) is 5.02 Å². The van der Waals surface area contributed by atoms with Gasteiger partial charge in [0.2, 0.25) is 5.91 Å². The molecule has 0 radical (unpaired) electrons. The van der Waals surface area contributed by atoms with Gasteiger partial charge in [0.15, 0.2) is 0 Å². The van der Waals surface area contributed by atoms with Crippen molar-refractivity contribution >= 4 is 35.2 Å². The summed E-state index contributed by atoms with van der Waals surface area (Å²) in [6, 6.07) is 6.66. The average Bonchev–Trinajstić information content (AvgIpc) is 2.50. The second-order valence-corrected chi connectivity index (χ2v) is 6.18. The van der Waals surface area contributed by atoms with Crippen LogP contribution >= 0.6 is 23.4 Å². The molecule has 0 bridgehead atoms. The van der Waals surface area contributed by atoms with Crippen molar-refractivity contribution in [2.45, 2.75) is 31.2 Å². The summed E-state index contributed by atoms with van der Waals surface area (Å²) >= 11 is 7.20. The molecule has 2 atom stereocenters. The molecule has 0 heterocycles. The van der Waals surface area contributed by atoms with Gasteiger partial charge in [0.05, 0.1) is 12.9 Å². The monoisotopic (exact) mass is 329 g/mol. The van der Waals surface area contributed by atoms with Gasteiger partial charge in [-0.1, -0.05) is 31.9 Å². The summed E-state index contributed by atoms with van der Waals surface area (Å²) < 4.78 is 4.74. The number of amides is 1. The third-order valence-electron chi connectivity index (χ3n) is 3.17. The number of benzene rings is 1. The second kappa shape index (κ2) is 8.95. The molecule has 0 unspecified atom stereocenters. The fraction of sp³-hybridized carbons (Fsp3) is 0.467. The van der Waals surface area contributed by atoms with E-state index in [1.54, 1.807) is 12.1 Å². The lowest BCUT2D eigenvalue weighted by Gasteiger charge is -2.21. The number of carbonyl (C=O) groups excluding carboxylic acids is 2. The van der Waals surface area contributed by atoms with Crippen molar-refractivity contribution in [2.75, 3.05) is 12.9 Å². The van der Waals surface area contributed by atoms with E-state index >= 15 is 0 Å². The van der Waals surface area contributed by atoms with Gasteiger partial charge in [0.1, 0.15) is 6.04 Å². The highest BCUT2D eigenvalue weighted by Crippen LogP contribution is 2.20. The van der Waals surface area contributed by atoms with Crippen LogP contribution < -0.4 is 5.32 Å². The van der Waals surface area contributed by atoms with Crippen LogP contribution in [-0.2, 0) is 14.3 Å². The van der Waals surface area contributed by atoms with E-state index in [0.717, 1.165) is 11.3 Å². The summed E-state index contributed by atoms with van der Waals surface area (Å²) in [6.07, 6.45) is 0.782. The predicted octanol–water partition coefficient (Wildman–Crippen LogP) is 3.14. The van der Waals surface area contributed by atoms with Gasteiger partial charge in [-0.25, -0.2) is 4.79 Å². The summed E-state index contributed by atoms with van der Waals surface area (Å²) in [5.74, 6) is -0.326. The zero-order chi connectivity index (χ0) is 15.8. The molecule has 0 aliphatic heterocycles. The summed E-state index contributed by atoms with van der Waals surface area (Å²) in [7, 11) is 1.33. The summed E-state index contributed by atoms with van der Waals surface area (Å²) in [6.45, 7) is 3.88. The zero-order valence-corrected chi connectivity index (χ0v) is 14.0. The van der Waals surface area contributed by atoms with Crippen molar-refractivity contribution in [3.8, 4) is 0 Å². The van der Waals surface area contributed by atoms with Gasteiger partial charge in [-0.15, -0.1) is 11.8 Å². The first-order valence-electron chi connectivity index (χ1n) is 6.73. The maximum atomic E-state index is 12.0. The first kappa shape index (κ1) is 17.9. The molecule has 0 aliphatic rings. The highest BCUT2D eigenvalue weighted by molar-refractivity contribution is 8.00. The Morgan fingerprint density at radius 3 is 2.48 bits per heavy atom. The van der Waals surface area contributed by atoms with Crippen LogP contribution in [0.1, 0.15) is 20.3 Å². The summed E-state index contributed by atoms with van der Waals surface area (Å²) in [4.78, 5) is 24.6. The largest absolute Gasteiger partial charge is 0.467 e. The smallest absolute Gasteiger partial charge is 0.328 e. The fourth-order valence-electron chi connectivity index (χ4n) is 1.69. The van der Waals surface area contributed by atoms with Gasteiger partial charge in [-0.05, 0) is 30.2 Å². The molecule has 1 amide bonds. The van der Waals surface area contributed by atoms with Crippen LogP contribution in [0, 0.1) is 5.92 Å². The molecule has 0 aromatic heterocycles. The maximum absolute atomic E-state index is 12.0. The molecule has 1 rings (SSSR count). The van der Waals surface area contributed by atoms with Crippen molar-refractivity contribution in [3.05, 3.63) is 29.3 Å². The van der Waals surface area contributed by atoms with E-state index in [9.17, 15) is 9.59 Å². The minimum absolute atomic E-state index is 0.0296. The Morgan fingerprint density at radius 1 is 1.33 bits per heavy atom. The Labute approximate surface area is 134 Å². The first-order chi connectivity index (χ1) is 9.97. The second-order valence-electron chi connectivity index (χ2n) is 4.70. The summed E-state index contributed by atoms with van der Waals surface area (Å²) in [5, 5.41) is 3.40. The van der Waals surface area contributed by atoms with Gasteiger partial charge in [-0.3, -0.25) is 4.79 Å². The van der Waals surface area contributed by atoms with Crippen molar-refractivity contribution < 1.29 is 14.3 Å². The molecular formula is C15H20ClNO3S. The SMILES string of the molecule is CC[C@@H](C)[C@@H](NC(=O)CSc1ccc(Cl)cc1)C(=O)OC. The third kappa shape index (κ3) is 5.98. The van der Waals surface area contributed by atoms with Gasteiger partial charge >= 0.3 is 5.97 Å². The Hall–Kier alpha value is -1.20. The molecule has 1 aromatic carbocycles. The molecule has 116 valence electrons. The number of hydrogen-bond donors (Lipinski definition) is 1. The highest BCUT2D eigenvalue weighted by Gasteiger charge is 2.26. The zero-order valence-electron chi connectivity index (χ0n) is 12.4. The number of carbonyl (C=O) groups is 2. The van der Waals surface area contributed by atoms with E-state index < -0.39 is 12.0 Å². The lowest BCUT2D eigenvalue weighted by atomic mass is 9.99. The van der Waals surface area contributed by atoms with Crippen LogP contribution in [0.25, 0.3) is 0 Å². The van der Waals surface area contributed by atoms with Crippen molar-refractivity contribution in [1.82, 2.24) is 5.32 Å². The Morgan fingerprint density at radius 2 is 1.95 bits per heavy atom. The van der Waals surface area contributed by atoms with E-state index in [4.69, 9.17) is 16.3 Å².